The largest absolute Gasteiger partial charge is 0.435 e. The molecule has 0 aliphatic rings. The normalized spacial score (nSPS) is 12.7. The SMILES string of the molecule is CC(c1cccc([N+](=O)[O-])c1)N(C)C(=O)Cn1ccc(C(F)(F)F)n1. The van der Waals surface area contributed by atoms with Crippen LogP contribution in [0.15, 0.2) is 36.5 Å². The molecule has 1 heterocycles. The van der Waals surface area contributed by atoms with Crippen molar-refractivity contribution in [2.45, 2.75) is 25.7 Å². The number of aromatic nitrogens is 2. The summed E-state index contributed by atoms with van der Waals surface area (Å²) in [6.45, 7) is 1.30. The molecule has 0 aliphatic heterocycles. The van der Waals surface area contributed by atoms with E-state index in [0.29, 0.717) is 5.56 Å². The van der Waals surface area contributed by atoms with Crippen LogP contribution in [0.25, 0.3) is 0 Å². The number of hydrogen-bond donors (Lipinski definition) is 0. The van der Waals surface area contributed by atoms with Gasteiger partial charge in [0.1, 0.15) is 6.54 Å². The minimum absolute atomic E-state index is 0.105. The Labute approximate surface area is 140 Å². The van der Waals surface area contributed by atoms with E-state index in [1.165, 1.54) is 30.1 Å². The molecule has 1 unspecified atom stereocenters. The second-order valence-corrected chi connectivity index (χ2v) is 5.43. The van der Waals surface area contributed by atoms with E-state index in [0.717, 1.165) is 16.9 Å². The molecule has 0 fully saturated rings. The molecule has 0 N–H and O–H groups in total. The molecule has 1 aromatic heterocycles. The predicted molar refractivity (Wildman–Crippen MR) is 81.5 cm³/mol. The van der Waals surface area contributed by atoms with Gasteiger partial charge in [-0.05, 0) is 18.6 Å². The first-order valence-electron chi connectivity index (χ1n) is 7.20. The molecule has 0 aliphatic carbocycles. The van der Waals surface area contributed by atoms with Crippen LogP contribution in [0.4, 0.5) is 18.9 Å². The van der Waals surface area contributed by atoms with Gasteiger partial charge in [-0.25, -0.2) is 0 Å². The van der Waals surface area contributed by atoms with Crippen molar-refractivity contribution in [1.82, 2.24) is 14.7 Å². The lowest BCUT2D eigenvalue weighted by atomic mass is 10.1. The quantitative estimate of drug-likeness (QED) is 0.609. The summed E-state index contributed by atoms with van der Waals surface area (Å²) >= 11 is 0. The molecular formula is C15H15F3N4O3. The van der Waals surface area contributed by atoms with Gasteiger partial charge in [-0.15, -0.1) is 0 Å². The molecule has 0 saturated carbocycles. The number of halogens is 3. The summed E-state index contributed by atoms with van der Waals surface area (Å²) in [6, 6.07) is 6.12. The Balaban J connectivity index is 2.10. The summed E-state index contributed by atoms with van der Waals surface area (Å²) < 4.78 is 38.5. The Kier molecular flexibility index (Phi) is 5.10. The maximum atomic E-state index is 12.5. The maximum absolute atomic E-state index is 12.5. The standard InChI is InChI=1S/C15H15F3N4O3/c1-10(11-4-3-5-12(8-11)22(24)25)20(2)14(23)9-21-7-6-13(19-21)15(16,17)18/h3-8,10H,9H2,1-2H3. The number of hydrogen-bond acceptors (Lipinski definition) is 4. The number of likely N-dealkylation sites (N-methyl/N-ethyl adjacent to an activating group) is 1. The molecule has 2 aromatic rings. The van der Waals surface area contributed by atoms with E-state index in [1.807, 2.05) is 0 Å². The molecule has 0 radical (unpaired) electrons. The number of nitro groups is 1. The maximum Gasteiger partial charge on any atom is 0.435 e. The summed E-state index contributed by atoms with van der Waals surface area (Å²) in [4.78, 5) is 23.8. The zero-order valence-electron chi connectivity index (χ0n) is 13.4. The molecule has 1 amide bonds. The van der Waals surface area contributed by atoms with Gasteiger partial charge in [0.15, 0.2) is 5.69 Å². The van der Waals surface area contributed by atoms with Crippen LogP contribution < -0.4 is 0 Å². The second kappa shape index (κ2) is 6.91. The predicted octanol–water partition coefficient (Wildman–Crippen LogP) is 3.03. The molecule has 25 heavy (non-hydrogen) atoms. The van der Waals surface area contributed by atoms with Gasteiger partial charge in [0.25, 0.3) is 5.69 Å². The van der Waals surface area contributed by atoms with E-state index in [2.05, 4.69) is 5.10 Å². The van der Waals surface area contributed by atoms with Gasteiger partial charge in [-0.3, -0.25) is 19.6 Å². The number of carbonyl (C=O) groups excluding carboxylic acids is 1. The van der Waals surface area contributed by atoms with Crippen LogP contribution in [0.1, 0.15) is 24.2 Å². The monoisotopic (exact) mass is 356 g/mol. The number of amides is 1. The van der Waals surface area contributed by atoms with Crippen LogP contribution >= 0.6 is 0 Å². The lowest BCUT2D eigenvalue weighted by molar-refractivity contribution is -0.384. The lowest BCUT2D eigenvalue weighted by Crippen LogP contribution is -2.32. The van der Waals surface area contributed by atoms with E-state index in [1.54, 1.807) is 13.0 Å². The number of alkyl halides is 3. The smallest absolute Gasteiger partial charge is 0.337 e. The summed E-state index contributed by atoms with van der Waals surface area (Å²) in [6.07, 6.45) is -3.50. The van der Waals surface area contributed by atoms with Gasteiger partial charge < -0.3 is 4.90 Å². The topological polar surface area (TPSA) is 81.3 Å². The van der Waals surface area contributed by atoms with Crippen molar-refractivity contribution in [3.63, 3.8) is 0 Å². The third kappa shape index (κ3) is 4.34. The first-order chi connectivity index (χ1) is 11.6. The average Bonchev–Trinajstić information content (AvgIpc) is 3.02. The van der Waals surface area contributed by atoms with Gasteiger partial charge in [0.05, 0.1) is 11.0 Å². The summed E-state index contributed by atoms with van der Waals surface area (Å²) in [5.41, 5.74) is -0.636. The lowest BCUT2D eigenvalue weighted by Gasteiger charge is -2.25. The molecule has 0 spiro atoms. The van der Waals surface area contributed by atoms with Crippen LogP contribution in [-0.2, 0) is 17.5 Å². The van der Waals surface area contributed by atoms with Crippen LogP contribution in [-0.4, -0.2) is 32.6 Å². The van der Waals surface area contributed by atoms with Crippen molar-refractivity contribution in [3.05, 3.63) is 57.9 Å². The van der Waals surface area contributed by atoms with Crippen molar-refractivity contribution in [2.24, 2.45) is 0 Å². The Morgan fingerprint density at radius 1 is 1.40 bits per heavy atom. The molecule has 134 valence electrons. The average molecular weight is 356 g/mol. The fourth-order valence-corrected chi connectivity index (χ4v) is 2.19. The Hall–Kier alpha value is -2.91. The minimum Gasteiger partial charge on any atom is -0.337 e. The number of benzene rings is 1. The Bertz CT molecular complexity index is 788. The highest BCUT2D eigenvalue weighted by Crippen LogP contribution is 2.27. The zero-order valence-corrected chi connectivity index (χ0v) is 13.4. The highest BCUT2D eigenvalue weighted by Gasteiger charge is 2.33. The fourth-order valence-electron chi connectivity index (χ4n) is 2.19. The molecular weight excluding hydrogens is 341 g/mol. The molecule has 7 nitrogen and oxygen atoms in total. The first-order valence-corrected chi connectivity index (χ1v) is 7.20. The third-order valence-electron chi connectivity index (χ3n) is 3.77. The van der Waals surface area contributed by atoms with Crippen molar-refractivity contribution in [3.8, 4) is 0 Å². The third-order valence-corrected chi connectivity index (χ3v) is 3.77. The minimum atomic E-state index is -4.57. The first kappa shape index (κ1) is 18.4. The fraction of sp³-hybridized carbons (Fsp3) is 0.333. The molecule has 1 aromatic carbocycles. The van der Waals surface area contributed by atoms with Gasteiger partial charge in [-0.1, -0.05) is 12.1 Å². The Morgan fingerprint density at radius 3 is 2.64 bits per heavy atom. The van der Waals surface area contributed by atoms with Gasteiger partial charge in [-0.2, -0.15) is 18.3 Å². The number of non-ortho nitro benzene ring substituents is 1. The zero-order chi connectivity index (χ0) is 18.8. The molecule has 10 heteroatoms. The number of nitrogens with zero attached hydrogens (tertiary/aromatic N) is 4. The van der Waals surface area contributed by atoms with Crippen LogP contribution in [0.2, 0.25) is 0 Å². The second-order valence-electron chi connectivity index (χ2n) is 5.43. The highest BCUT2D eigenvalue weighted by atomic mass is 19.4. The van der Waals surface area contributed by atoms with Crippen molar-refractivity contribution in [1.29, 1.82) is 0 Å². The van der Waals surface area contributed by atoms with E-state index in [4.69, 9.17) is 0 Å². The number of carbonyl (C=O) groups is 1. The molecule has 1 atom stereocenters. The molecule has 0 bridgehead atoms. The molecule has 2 rings (SSSR count). The number of nitro benzene ring substituents is 1. The molecule has 0 saturated heterocycles. The van der Waals surface area contributed by atoms with Crippen LogP contribution in [0.3, 0.4) is 0 Å². The van der Waals surface area contributed by atoms with E-state index >= 15 is 0 Å². The van der Waals surface area contributed by atoms with E-state index < -0.39 is 28.7 Å². The highest BCUT2D eigenvalue weighted by molar-refractivity contribution is 5.76. The van der Waals surface area contributed by atoms with E-state index in [-0.39, 0.29) is 12.2 Å². The van der Waals surface area contributed by atoms with Gasteiger partial charge in [0, 0.05) is 25.4 Å². The van der Waals surface area contributed by atoms with Crippen molar-refractivity contribution < 1.29 is 22.9 Å². The summed E-state index contributed by atoms with van der Waals surface area (Å²) in [5.74, 6) is -0.476. The Morgan fingerprint density at radius 2 is 2.08 bits per heavy atom. The van der Waals surface area contributed by atoms with E-state index in [9.17, 15) is 28.1 Å². The number of rotatable bonds is 5. The van der Waals surface area contributed by atoms with Gasteiger partial charge in [0.2, 0.25) is 5.91 Å². The van der Waals surface area contributed by atoms with Crippen molar-refractivity contribution >= 4 is 11.6 Å². The summed E-state index contributed by atoms with van der Waals surface area (Å²) in [5, 5.41) is 14.2. The van der Waals surface area contributed by atoms with Crippen LogP contribution in [0, 0.1) is 10.1 Å². The van der Waals surface area contributed by atoms with Gasteiger partial charge >= 0.3 is 6.18 Å². The van der Waals surface area contributed by atoms with Crippen molar-refractivity contribution in [2.75, 3.05) is 7.05 Å². The summed E-state index contributed by atoms with van der Waals surface area (Å²) in [7, 11) is 1.47. The van der Waals surface area contributed by atoms with Crippen LogP contribution in [0.5, 0.6) is 0 Å².